The van der Waals surface area contributed by atoms with Gasteiger partial charge in [-0.25, -0.2) is 0 Å². The van der Waals surface area contributed by atoms with Crippen LogP contribution in [0.1, 0.15) is 52.4 Å². The molecule has 1 aliphatic carbocycles. The van der Waals surface area contributed by atoms with E-state index in [-0.39, 0.29) is 0 Å². The van der Waals surface area contributed by atoms with Crippen LogP contribution in [0.2, 0.25) is 0 Å². The van der Waals surface area contributed by atoms with E-state index in [1.165, 1.54) is 51.6 Å². The highest BCUT2D eigenvalue weighted by atomic mass is 15.2. The lowest BCUT2D eigenvalue weighted by Gasteiger charge is -2.45. The van der Waals surface area contributed by atoms with Crippen LogP contribution in [-0.4, -0.2) is 36.6 Å². The summed E-state index contributed by atoms with van der Waals surface area (Å²) in [6.45, 7) is 8.24. The van der Waals surface area contributed by atoms with E-state index < -0.39 is 0 Å². The number of nitrogens with one attached hydrogen (secondary N) is 1. The Morgan fingerprint density at radius 2 is 1.94 bits per heavy atom. The van der Waals surface area contributed by atoms with Crippen molar-refractivity contribution >= 4 is 0 Å². The van der Waals surface area contributed by atoms with Crippen molar-refractivity contribution in [3.8, 4) is 0 Å². The third-order valence-electron chi connectivity index (χ3n) is 4.42. The van der Waals surface area contributed by atoms with Gasteiger partial charge >= 0.3 is 0 Å². The number of rotatable bonds is 4. The molecular formula is C14H28N2. The van der Waals surface area contributed by atoms with Crippen molar-refractivity contribution in [3.63, 3.8) is 0 Å². The summed E-state index contributed by atoms with van der Waals surface area (Å²) in [4.78, 5) is 2.78. The van der Waals surface area contributed by atoms with Crippen LogP contribution in [0, 0.1) is 5.92 Å². The van der Waals surface area contributed by atoms with Crippen molar-refractivity contribution in [2.45, 2.75) is 64.5 Å². The fraction of sp³-hybridized carbons (Fsp3) is 1.00. The van der Waals surface area contributed by atoms with Gasteiger partial charge in [-0.05, 0) is 51.6 Å². The molecule has 2 heteroatoms. The number of fused-ring (bicyclic) bond motifs is 1. The molecule has 94 valence electrons. The summed E-state index contributed by atoms with van der Waals surface area (Å²) in [5.74, 6) is 1.02. The summed E-state index contributed by atoms with van der Waals surface area (Å²) in [5, 5.41) is 3.55. The summed E-state index contributed by atoms with van der Waals surface area (Å²) >= 11 is 0. The molecule has 0 amide bonds. The van der Waals surface area contributed by atoms with Crippen molar-refractivity contribution in [1.82, 2.24) is 10.2 Å². The van der Waals surface area contributed by atoms with Crippen LogP contribution in [0.25, 0.3) is 0 Å². The van der Waals surface area contributed by atoms with Gasteiger partial charge in [0.2, 0.25) is 0 Å². The van der Waals surface area contributed by atoms with E-state index in [1.807, 2.05) is 0 Å². The van der Waals surface area contributed by atoms with E-state index in [0.717, 1.165) is 18.5 Å². The maximum atomic E-state index is 3.55. The van der Waals surface area contributed by atoms with Crippen molar-refractivity contribution in [2.75, 3.05) is 19.6 Å². The molecule has 2 aliphatic rings. The largest absolute Gasteiger partial charge is 0.313 e. The maximum absolute atomic E-state index is 3.55. The van der Waals surface area contributed by atoms with Crippen molar-refractivity contribution in [1.29, 1.82) is 0 Å². The van der Waals surface area contributed by atoms with Gasteiger partial charge in [0, 0.05) is 18.6 Å². The number of nitrogens with zero attached hydrogens (tertiary/aromatic N) is 1. The molecule has 1 unspecified atom stereocenters. The predicted octanol–water partition coefficient (Wildman–Crippen LogP) is 2.64. The Hall–Kier alpha value is -0.0800. The molecule has 2 nitrogen and oxygen atoms in total. The average molecular weight is 224 g/mol. The Bertz CT molecular complexity index is 203. The molecule has 3 atom stereocenters. The number of likely N-dealkylation sites (N-methyl/N-ethyl adjacent to an activating group) is 1. The Morgan fingerprint density at radius 1 is 1.19 bits per heavy atom. The third-order valence-corrected chi connectivity index (χ3v) is 4.42. The van der Waals surface area contributed by atoms with Gasteiger partial charge in [0.1, 0.15) is 0 Å². The number of piperidine rings is 1. The topological polar surface area (TPSA) is 15.3 Å². The van der Waals surface area contributed by atoms with Crippen LogP contribution in [0.4, 0.5) is 0 Å². The standard InChI is InChI=1S/C14H28N2/c1-3-15-12(2)11-16-10-6-8-13-7-4-5-9-14(13)16/h12-15H,3-11H2,1-2H3/t12?,13-,14-/m1/s1. The molecule has 0 aromatic rings. The summed E-state index contributed by atoms with van der Waals surface area (Å²) in [6, 6.07) is 1.58. The molecule has 0 spiro atoms. The van der Waals surface area contributed by atoms with Gasteiger partial charge in [0.05, 0.1) is 0 Å². The van der Waals surface area contributed by atoms with E-state index >= 15 is 0 Å². The van der Waals surface area contributed by atoms with Gasteiger partial charge in [-0.15, -0.1) is 0 Å². The minimum absolute atomic E-state index is 0.658. The monoisotopic (exact) mass is 224 g/mol. The SMILES string of the molecule is CCNC(C)CN1CCC[C@H]2CCCC[C@H]21. The highest BCUT2D eigenvalue weighted by molar-refractivity contribution is 4.88. The molecule has 0 bridgehead atoms. The molecule has 1 saturated carbocycles. The van der Waals surface area contributed by atoms with Crippen molar-refractivity contribution < 1.29 is 0 Å². The van der Waals surface area contributed by atoms with Crippen LogP contribution in [-0.2, 0) is 0 Å². The first kappa shape index (κ1) is 12.4. The minimum atomic E-state index is 0.658. The minimum Gasteiger partial charge on any atom is -0.313 e. The second kappa shape index (κ2) is 6.02. The molecule has 1 aliphatic heterocycles. The zero-order valence-corrected chi connectivity index (χ0v) is 11.0. The van der Waals surface area contributed by atoms with Crippen molar-refractivity contribution in [3.05, 3.63) is 0 Å². The first-order valence-electron chi connectivity index (χ1n) is 7.28. The van der Waals surface area contributed by atoms with E-state index in [4.69, 9.17) is 0 Å². The molecule has 2 rings (SSSR count). The molecule has 16 heavy (non-hydrogen) atoms. The smallest absolute Gasteiger partial charge is 0.0166 e. The van der Waals surface area contributed by atoms with E-state index in [1.54, 1.807) is 0 Å². The third kappa shape index (κ3) is 2.98. The average Bonchev–Trinajstić information content (AvgIpc) is 2.30. The van der Waals surface area contributed by atoms with Crippen LogP contribution in [0.5, 0.6) is 0 Å². The predicted molar refractivity (Wildman–Crippen MR) is 69.7 cm³/mol. The molecule has 0 radical (unpaired) electrons. The quantitative estimate of drug-likeness (QED) is 0.790. The Balaban J connectivity index is 1.87. The molecular weight excluding hydrogens is 196 g/mol. The number of hydrogen-bond acceptors (Lipinski definition) is 2. The lowest BCUT2D eigenvalue weighted by atomic mass is 9.78. The first-order valence-corrected chi connectivity index (χ1v) is 7.28. The lowest BCUT2D eigenvalue weighted by molar-refractivity contribution is 0.0547. The molecule has 1 heterocycles. The molecule has 1 N–H and O–H groups in total. The van der Waals surface area contributed by atoms with Crippen LogP contribution in [0.15, 0.2) is 0 Å². The van der Waals surface area contributed by atoms with Crippen LogP contribution < -0.4 is 5.32 Å². The van der Waals surface area contributed by atoms with Gasteiger partial charge in [-0.3, -0.25) is 4.90 Å². The molecule has 1 saturated heterocycles. The summed E-state index contributed by atoms with van der Waals surface area (Å²) in [7, 11) is 0. The van der Waals surface area contributed by atoms with Crippen LogP contribution >= 0.6 is 0 Å². The highest BCUT2D eigenvalue weighted by Gasteiger charge is 2.33. The Morgan fingerprint density at radius 3 is 2.75 bits per heavy atom. The zero-order valence-electron chi connectivity index (χ0n) is 11.0. The summed E-state index contributed by atoms with van der Waals surface area (Å²) in [5.41, 5.74) is 0. The summed E-state index contributed by atoms with van der Waals surface area (Å²) in [6.07, 6.45) is 8.84. The fourth-order valence-corrected chi connectivity index (χ4v) is 3.72. The lowest BCUT2D eigenvalue weighted by Crippen LogP contribution is -2.51. The van der Waals surface area contributed by atoms with Gasteiger partial charge in [0.25, 0.3) is 0 Å². The maximum Gasteiger partial charge on any atom is 0.0166 e. The van der Waals surface area contributed by atoms with Crippen molar-refractivity contribution in [2.24, 2.45) is 5.92 Å². The normalized spacial score (nSPS) is 33.4. The Labute approximate surface area is 101 Å². The molecule has 0 aromatic heterocycles. The number of likely N-dealkylation sites (tertiary alicyclic amines) is 1. The van der Waals surface area contributed by atoms with Gasteiger partial charge in [0.15, 0.2) is 0 Å². The second-order valence-corrected chi connectivity index (χ2v) is 5.71. The van der Waals surface area contributed by atoms with E-state index in [0.29, 0.717) is 6.04 Å². The molecule has 2 fully saturated rings. The first-order chi connectivity index (χ1) is 7.81. The van der Waals surface area contributed by atoms with E-state index in [9.17, 15) is 0 Å². The summed E-state index contributed by atoms with van der Waals surface area (Å²) < 4.78 is 0. The van der Waals surface area contributed by atoms with Gasteiger partial charge in [-0.1, -0.05) is 19.8 Å². The Kier molecular flexibility index (Phi) is 4.66. The van der Waals surface area contributed by atoms with Gasteiger partial charge < -0.3 is 5.32 Å². The van der Waals surface area contributed by atoms with E-state index in [2.05, 4.69) is 24.1 Å². The second-order valence-electron chi connectivity index (χ2n) is 5.71. The number of hydrogen-bond donors (Lipinski definition) is 1. The van der Waals surface area contributed by atoms with Crippen LogP contribution in [0.3, 0.4) is 0 Å². The molecule has 0 aromatic carbocycles. The fourth-order valence-electron chi connectivity index (χ4n) is 3.72. The van der Waals surface area contributed by atoms with Gasteiger partial charge in [-0.2, -0.15) is 0 Å². The zero-order chi connectivity index (χ0) is 11.4. The highest BCUT2D eigenvalue weighted by Crippen LogP contribution is 2.35.